The van der Waals surface area contributed by atoms with Crippen LogP contribution < -0.4 is 5.32 Å². The molecule has 0 aliphatic carbocycles. The first-order valence-corrected chi connectivity index (χ1v) is 8.31. The maximum atomic E-state index is 13.5. The predicted octanol–water partition coefficient (Wildman–Crippen LogP) is 3.60. The Morgan fingerprint density at radius 3 is 2.47 bits per heavy atom. The minimum Gasteiger partial charge on any atom is -0.506 e. The van der Waals surface area contributed by atoms with Gasteiger partial charge >= 0.3 is 0 Å². The van der Waals surface area contributed by atoms with E-state index in [4.69, 9.17) is 0 Å². The lowest BCUT2D eigenvalue weighted by Gasteiger charge is -2.34. The van der Waals surface area contributed by atoms with Gasteiger partial charge in [-0.1, -0.05) is 15.9 Å². The Morgan fingerprint density at radius 1 is 1.26 bits per heavy atom. The molecule has 1 heterocycles. The number of phenols is 1. The van der Waals surface area contributed by atoms with Crippen LogP contribution in [0.15, 0.2) is 19.5 Å². The second-order valence-corrected chi connectivity index (χ2v) is 6.87. The fraction of sp³-hybridized carbons (Fsp3) is 0.500. The monoisotopic (exact) mass is 458 g/mol. The third kappa shape index (κ3) is 3.32. The Bertz CT molecular complexity index is 467. The van der Waals surface area contributed by atoms with E-state index in [0.29, 0.717) is 8.95 Å². The van der Waals surface area contributed by atoms with Gasteiger partial charge in [-0.2, -0.15) is 0 Å². The quantitative estimate of drug-likeness (QED) is 0.723. The molecule has 1 aromatic carbocycles. The van der Waals surface area contributed by atoms with Gasteiger partial charge in [0.25, 0.3) is 0 Å². The van der Waals surface area contributed by atoms with Crippen LogP contribution in [-0.2, 0) is 0 Å². The maximum Gasteiger partial charge on any atom is 0.144 e. The van der Waals surface area contributed by atoms with Crippen LogP contribution in [0.1, 0.15) is 11.6 Å². The molecule has 0 aromatic heterocycles. The molecule has 2 rings (SSSR count). The molecular formula is C12H14Br3FN2O. The van der Waals surface area contributed by atoms with Gasteiger partial charge in [0.2, 0.25) is 0 Å². The van der Waals surface area contributed by atoms with E-state index in [0.717, 1.165) is 36.2 Å². The Balaban J connectivity index is 2.40. The van der Waals surface area contributed by atoms with Crippen LogP contribution in [0.2, 0.25) is 0 Å². The summed E-state index contributed by atoms with van der Waals surface area (Å²) < 4.78 is 15.4. The van der Waals surface area contributed by atoms with E-state index in [1.807, 2.05) is 0 Å². The Morgan fingerprint density at radius 2 is 1.89 bits per heavy atom. The van der Waals surface area contributed by atoms with E-state index >= 15 is 0 Å². The smallest absolute Gasteiger partial charge is 0.144 e. The summed E-state index contributed by atoms with van der Waals surface area (Å²) >= 11 is 10.1. The molecule has 1 fully saturated rings. The number of phenolic OH excluding ortho intramolecular Hbond substituents is 1. The fourth-order valence-electron chi connectivity index (χ4n) is 2.25. The first-order chi connectivity index (χ1) is 9.06. The molecule has 1 aliphatic rings. The number of benzene rings is 1. The minimum absolute atomic E-state index is 0.104. The van der Waals surface area contributed by atoms with Crippen molar-refractivity contribution < 1.29 is 9.50 Å². The first-order valence-electron chi connectivity index (χ1n) is 5.93. The van der Waals surface area contributed by atoms with Crippen molar-refractivity contribution in [2.24, 2.45) is 0 Å². The molecule has 0 radical (unpaired) electrons. The Hall–Kier alpha value is 0.310. The van der Waals surface area contributed by atoms with Crippen molar-refractivity contribution in [2.75, 3.05) is 32.9 Å². The molecule has 1 saturated heterocycles. The number of aromatic hydroxyl groups is 1. The van der Waals surface area contributed by atoms with Crippen molar-refractivity contribution in [1.29, 1.82) is 0 Å². The highest BCUT2D eigenvalue weighted by atomic mass is 79.9. The molecule has 7 heteroatoms. The number of nitrogens with zero attached hydrogens (tertiary/aromatic N) is 1. The fourth-order valence-corrected chi connectivity index (χ4v) is 4.90. The molecule has 106 valence electrons. The van der Waals surface area contributed by atoms with E-state index in [9.17, 15) is 9.50 Å². The van der Waals surface area contributed by atoms with Gasteiger partial charge in [-0.25, -0.2) is 4.39 Å². The summed E-state index contributed by atoms with van der Waals surface area (Å²) in [5.41, 5.74) is 0.755. The molecule has 3 nitrogen and oxygen atoms in total. The van der Waals surface area contributed by atoms with Gasteiger partial charge in [0, 0.05) is 36.2 Å². The minimum atomic E-state index is -0.488. The summed E-state index contributed by atoms with van der Waals surface area (Å²) in [6.07, 6.45) is 0. The van der Waals surface area contributed by atoms with Crippen LogP contribution in [-0.4, -0.2) is 42.9 Å². The zero-order valence-corrected chi connectivity index (χ0v) is 14.9. The van der Waals surface area contributed by atoms with Crippen LogP contribution in [0, 0.1) is 0 Å². The zero-order chi connectivity index (χ0) is 14.0. The number of rotatable bonds is 3. The van der Waals surface area contributed by atoms with Crippen LogP contribution in [0.5, 0.6) is 5.75 Å². The maximum absolute atomic E-state index is 13.5. The number of hydrogen-bond donors (Lipinski definition) is 2. The molecule has 0 saturated carbocycles. The lowest BCUT2D eigenvalue weighted by Crippen LogP contribution is -2.45. The predicted molar refractivity (Wildman–Crippen MR) is 84.4 cm³/mol. The number of alkyl halides is 1. The van der Waals surface area contributed by atoms with Crippen LogP contribution in [0.25, 0.3) is 0 Å². The third-order valence-electron chi connectivity index (χ3n) is 3.25. The number of hydrogen-bond acceptors (Lipinski definition) is 3. The van der Waals surface area contributed by atoms with Gasteiger partial charge in [0.15, 0.2) is 0 Å². The molecule has 1 aromatic rings. The Kier molecular flexibility index (Phi) is 5.65. The molecule has 0 spiro atoms. The van der Waals surface area contributed by atoms with Gasteiger partial charge in [-0.05, 0) is 37.9 Å². The van der Waals surface area contributed by atoms with Crippen LogP contribution >= 0.6 is 47.8 Å². The molecule has 0 amide bonds. The largest absolute Gasteiger partial charge is 0.506 e. The van der Waals surface area contributed by atoms with E-state index < -0.39 is 6.67 Å². The Labute approximate surface area is 136 Å². The molecule has 2 N–H and O–H groups in total. The van der Waals surface area contributed by atoms with Crippen molar-refractivity contribution in [1.82, 2.24) is 10.2 Å². The highest BCUT2D eigenvalue weighted by Crippen LogP contribution is 2.43. The average molecular weight is 461 g/mol. The molecular weight excluding hydrogens is 447 g/mol. The third-order valence-corrected chi connectivity index (χ3v) is 5.32. The number of nitrogens with one attached hydrogen (secondary N) is 1. The average Bonchev–Trinajstić information content (AvgIpc) is 2.42. The molecule has 19 heavy (non-hydrogen) atoms. The zero-order valence-electron chi connectivity index (χ0n) is 10.1. The van der Waals surface area contributed by atoms with E-state index in [-0.39, 0.29) is 11.8 Å². The standard InChI is InChI=1S/C12H14Br3FN2O/c13-7-5-8(14)12(19)11(15)10(7)9(6-16)18-3-1-17-2-4-18/h5,9,17,19H,1-4,6H2/t9-/m1/s1. The normalized spacial score (nSPS) is 18.5. The molecule has 1 aliphatic heterocycles. The topological polar surface area (TPSA) is 35.5 Å². The van der Waals surface area contributed by atoms with Crippen LogP contribution in [0.4, 0.5) is 4.39 Å². The van der Waals surface area contributed by atoms with Gasteiger partial charge in [0.1, 0.15) is 12.4 Å². The summed E-state index contributed by atoms with van der Waals surface area (Å²) in [5.74, 6) is 0.104. The summed E-state index contributed by atoms with van der Waals surface area (Å²) in [4.78, 5) is 2.09. The van der Waals surface area contributed by atoms with Gasteiger partial charge in [0.05, 0.1) is 15.0 Å². The van der Waals surface area contributed by atoms with Crippen molar-refractivity contribution in [3.05, 3.63) is 25.0 Å². The van der Waals surface area contributed by atoms with E-state index in [1.165, 1.54) is 0 Å². The van der Waals surface area contributed by atoms with Crippen LogP contribution in [0.3, 0.4) is 0 Å². The van der Waals surface area contributed by atoms with E-state index in [1.54, 1.807) is 6.07 Å². The summed E-state index contributed by atoms with van der Waals surface area (Å²) in [5, 5.41) is 13.2. The summed E-state index contributed by atoms with van der Waals surface area (Å²) in [7, 11) is 0. The molecule has 0 unspecified atom stereocenters. The lowest BCUT2D eigenvalue weighted by atomic mass is 10.1. The van der Waals surface area contributed by atoms with Crippen molar-refractivity contribution in [3.63, 3.8) is 0 Å². The second kappa shape index (κ2) is 6.85. The first kappa shape index (κ1) is 15.7. The second-order valence-electron chi connectivity index (χ2n) is 4.37. The SMILES string of the molecule is Oc1c(Br)cc(Br)c([C@@H](CF)N2CCNCC2)c1Br. The molecule has 1 atom stereocenters. The van der Waals surface area contributed by atoms with Gasteiger partial charge in [-0.15, -0.1) is 0 Å². The highest BCUT2D eigenvalue weighted by molar-refractivity contribution is 9.11. The van der Waals surface area contributed by atoms with Gasteiger partial charge < -0.3 is 10.4 Å². The van der Waals surface area contributed by atoms with Crippen molar-refractivity contribution >= 4 is 47.8 Å². The molecule has 0 bridgehead atoms. The van der Waals surface area contributed by atoms with Crippen molar-refractivity contribution in [3.8, 4) is 5.75 Å². The highest BCUT2D eigenvalue weighted by Gasteiger charge is 2.27. The summed E-state index contributed by atoms with van der Waals surface area (Å²) in [6, 6.07) is 1.39. The number of piperazine rings is 1. The van der Waals surface area contributed by atoms with E-state index in [2.05, 4.69) is 58.0 Å². The van der Waals surface area contributed by atoms with Gasteiger partial charge in [-0.3, -0.25) is 4.90 Å². The number of halogens is 4. The summed E-state index contributed by atoms with van der Waals surface area (Å²) in [6.45, 7) is 2.81. The van der Waals surface area contributed by atoms with Crippen molar-refractivity contribution in [2.45, 2.75) is 6.04 Å². The lowest BCUT2D eigenvalue weighted by molar-refractivity contribution is 0.146.